The quantitative estimate of drug-likeness (QED) is 0.904. The molecular weight excluding hydrogens is 346 g/mol. The lowest BCUT2D eigenvalue weighted by atomic mass is 10.1. The van der Waals surface area contributed by atoms with Crippen LogP contribution in [0.3, 0.4) is 0 Å². The summed E-state index contributed by atoms with van der Waals surface area (Å²) in [6.07, 6.45) is 0. The minimum absolute atomic E-state index is 0.182. The zero-order chi connectivity index (χ0) is 15.0. The van der Waals surface area contributed by atoms with E-state index in [1.165, 1.54) is 13.2 Å². The summed E-state index contributed by atoms with van der Waals surface area (Å²) >= 11 is 3.40. The van der Waals surface area contributed by atoms with E-state index in [4.69, 9.17) is 23.8 Å². The lowest BCUT2D eigenvalue weighted by molar-refractivity contribution is 0.0686. The second-order valence-electron chi connectivity index (χ2n) is 4.18. The molecule has 0 saturated heterocycles. The molecule has 0 saturated carbocycles. The highest BCUT2D eigenvalue weighted by molar-refractivity contribution is 9.10. The van der Waals surface area contributed by atoms with Crippen molar-refractivity contribution in [2.45, 2.75) is 0 Å². The predicted octanol–water partition coefficient (Wildman–Crippen LogP) is 2.58. The zero-order valence-electron chi connectivity index (χ0n) is 10.9. The molecule has 2 heterocycles. The van der Waals surface area contributed by atoms with Gasteiger partial charge in [0.15, 0.2) is 23.0 Å². The Labute approximate surface area is 127 Å². The van der Waals surface area contributed by atoms with Crippen molar-refractivity contribution in [3.8, 4) is 28.6 Å². The maximum Gasteiger partial charge on any atom is 0.358 e. The number of nitrogens with zero attached hydrogens (tertiary/aromatic N) is 1. The lowest BCUT2D eigenvalue weighted by Gasteiger charge is -2.22. The van der Waals surface area contributed by atoms with E-state index < -0.39 is 5.97 Å². The molecule has 0 amide bonds. The minimum atomic E-state index is -1.17. The molecule has 0 fully saturated rings. The largest absolute Gasteiger partial charge is 0.495 e. The van der Waals surface area contributed by atoms with Crippen LogP contribution >= 0.6 is 15.9 Å². The van der Waals surface area contributed by atoms with Crippen molar-refractivity contribution in [3.63, 3.8) is 0 Å². The fourth-order valence-corrected chi connectivity index (χ4v) is 2.70. The van der Waals surface area contributed by atoms with Gasteiger partial charge in [0, 0.05) is 6.07 Å². The first-order valence-corrected chi connectivity index (χ1v) is 6.77. The van der Waals surface area contributed by atoms with Crippen molar-refractivity contribution >= 4 is 21.9 Å². The SMILES string of the molecule is COc1c(-c2cc(C(=O)O)no2)cc2c(c1Br)OCCO2. The van der Waals surface area contributed by atoms with Gasteiger partial charge in [-0.15, -0.1) is 0 Å². The van der Waals surface area contributed by atoms with E-state index in [0.717, 1.165) is 0 Å². The molecule has 21 heavy (non-hydrogen) atoms. The summed E-state index contributed by atoms with van der Waals surface area (Å²) in [4.78, 5) is 10.9. The summed E-state index contributed by atoms with van der Waals surface area (Å²) in [7, 11) is 1.49. The lowest BCUT2D eigenvalue weighted by Crippen LogP contribution is -2.16. The van der Waals surface area contributed by atoms with Crippen LogP contribution in [-0.2, 0) is 0 Å². The van der Waals surface area contributed by atoms with E-state index in [2.05, 4.69) is 21.1 Å². The van der Waals surface area contributed by atoms with Crippen LogP contribution in [0.4, 0.5) is 0 Å². The number of rotatable bonds is 3. The molecule has 0 bridgehead atoms. The molecule has 1 N–H and O–H groups in total. The molecule has 3 rings (SSSR count). The molecule has 0 aliphatic carbocycles. The summed E-state index contributed by atoms with van der Waals surface area (Å²) in [6.45, 7) is 0.877. The molecule has 1 aliphatic rings. The van der Waals surface area contributed by atoms with Gasteiger partial charge in [-0.2, -0.15) is 0 Å². The molecule has 1 aromatic carbocycles. The van der Waals surface area contributed by atoms with Gasteiger partial charge in [0.05, 0.1) is 12.7 Å². The van der Waals surface area contributed by atoms with Crippen LogP contribution in [-0.4, -0.2) is 36.6 Å². The van der Waals surface area contributed by atoms with Crippen LogP contribution in [0, 0.1) is 0 Å². The Kier molecular flexibility index (Phi) is 3.46. The van der Waals surface area contributed by atoms with Crippen LogP contribution in [0.1, 0.15) is 10.5 Å². The molecule has 2 aromatic rings. The fourth-order valence-electron chi connectivity index (χ4n) is 2.01. The van der Waals surface area contributed by atoms with Crippen molar-refractivity contribution in [1.29, 1.82) is 0 Å². The Morgan fingerprint density at radius 3 is 2.81 bits per heavy atom. The Morgan fingerprint density at radius 2 is 2.14 bits per heavy atom. The maximum absolute atomic E-state index is 10.9. The molecule has 0 atom stereocenters. The van der Waals surface area contributed by atoms with Crippen LogP contribution in [0.2, 0.25) is 0 Å². The van der Waals surface area contributed by atoms with E-state index in [1.807, 2.05) is 0 Å². The van der Waals surface area contributed by atoms with Crippen molar-refractivity contribution < 1.29 is 28.6 Å². The van der Waals surface area contributed by atoms with Gasteiger partial charge in [0.1, 0.15) is 23.4 Å². The predicted molar refractivity (Wildman–Crippen MR) is 74.1 cm³/mol. The third kappa shape index (κ3) is 2.31. The average molecular weight is 356 g/mol. The van der Waals surface area contributed by atoms with Crippen molar-refractivity contribution in [3.05, 3.63) is 22.3 Å². The van der Waals surface area contributed by atoms with Gasteiger partial charge in [-0.1, -0.05) is 5.16 Å². The summed E-state index contributed by atoms with van der Waals surface area (Å²) in [5.74, 6) is 0.617. The monoisotopic (exact) mass is 355 g/mol. The smallest absolute Gasteiger partial charge is 0.358 e. The van der Waals surface area contributed by atoms with Gasteiger partial charge in [0.2, 0.25) is 0 Å². The van der Waals surface area contributed by atoms with E-state index in [0.29, 0.717) is 40.5 Å². The first-order valence-electron chi connectivity index (χ1n) is 5.98. The topological polar surface area (TPSA) is 91.0 Å². The first kappa shape index (κ1) is 13.7. The van der Waals surface area contributed by atoms with Gasteiger partial charge in [-0.3, -0.25) is 0 Å². The molecular formula is C13H10BrNO6. The van der Waals surface area contributed by atoms with Gasteiger partial charge < -0.3 is 23.8 Å². The molecule has 110 valence electrons. The van der Waals surface area contributed by atoms with Crippen molar-refractivity contribution in [2.24, 2.45) is 0 Å². The molecule has 1 aromatic heterocycles. The first-order chi connectivity index (χ1) is 10.1. The Morgan fingerprint density at radius 1 is 1.38 bits per heavy atom. The maximum atomic E-state index is 10.9. The number of halogens is 1. The third-order valence-electron chi connectivity index (χ3n) is 2.93. The van der Waals surface area contributed by atoms with Crippen LogP contribution in [0.25, 0.3) is 11.3 Å². The molecule has 8 heteroatoms. The number of hydrogen-bond acceptors (Lipinski definition) is 6. The highest BCUT2D eigenvalue weighted by Crippen LogP contribution is 2.48. The van der Waals surface area contributed by atoms with E-state index >= 15 is 0 Å². The Hall–Kier alpha value is -2.22. The number of benzene rings is 1. The second-order valence-corrected chi connectivity index (χ2v) is 4.97. The minimum Gasteiger partial charge on any atom is -0.495 e. The number of carboxylic acid groups (broad SMARTS) is 1. The van der Waals surface area contributed by atoms with E-state index in [9.17, 15) is 4.79 Å². The third-order valence-corrected chi connectivity index (χ3v) is 3.65. The van der Waals surface area contributed by atoms with Crippen LogP contribution in [0.15, 0.2) is 21.1 Å². The van der Waals surface area contributed by atoms with Gasteiger partial charge >= 0.3 is 5.97 Å². The number of aromatic carboxylic acids is 1. The second kappa shape index (κ2) is 5.28. The molecule has 1 aliphatic heterocycles. The summed E-state index contributed by atoms with van der Waals surface area (Å²) in [5, 5.41) is 12.4. The van der Waals surface area contributed by atoms with Crippen LogP contribution < -0.4 is 14.2 Å². The number of carbonyl (C=O) groups is 1. The molecule has 0 radical (unpaired) electrons. The van der Waals surface area contributed by atoms with Crippen molar-refractivity contribution in [1.82, 2.24) is 5.16 Å². The normalized spacial score (nSPS) is 13.0. The Bertz CT molecular complexity index is 711. The van der Waals surface area contributed by atoms with E-state index in [-0.39, 0.29) is 11.5 Å². The van der Waals surface area contributed by atoms with Crippen LogP contribution in [0.5, 0.6) is 17.2 Å². The zero-order valence-corrected chi connectivity index (χ0v) is 12.5. The van der Waals surface area contributed by atoms with Crippen molar-refractivity contribution in [2.75, 3.05) is 20.3 Å². The number of fused-ring (bicyclic) bond motifs is 1. The highest BCUT2D eigenvalue weighted by atomic mass is 79.9. The number of aromatic nitrogens is 1. The van der Waals surface area contributed by atoms with Gasteiger partial charge in [-0.25, -0.2) is 4.79 Å². The number of ether oxygens (including phenoxy) is 3. The fraction of sp³-hybridized carbons (Fsp3) is 0.231. The summed E-state index contributed by atoms with van der Waals surface area (Å²) in [6, 6.07) is 2.99. The Balaban J connectivity index is 2.16. The van der Waals surface area contributed by atoms with E-state index in [1.54, 1.807) is 6.07 Å². The molecule has 7 nitrogen and oxygen atoms in total. The molecule has 0 unspecified atom stereocenters. The average Bonchev–Trinajstić information content (AvgIpc) is 2.97. The summed E-state index contributed by atoms with van der Waals surface area (Å²) < 4.78 is 22.1. The highest BCUT2D eigenvalue weighted by Gasteiger charge is 2.25. The number of methoxy groups -OCH3 is 1. The van der Waals surface area contributed by atoms with Gasteiger partial charge in [-0.05, 0) is 22.0 Å². The number of hydrogen-bond donors (Lipinski definition) is 1. The number of carboxylic acids is 1. The summed E-state index contributed by atoms with van der Waals surface area (Å²) in [5.41, 5.74) is 0.340. The van der Waals surface area contributed by atoms with Gasteiger partial charge in [0.25, 0.3) is 0 Å². The molecule has 0 spiro atoms. The standard InChI is InChI=1S/C13H10BrNO6/c1-18-11-6(8-5-7(13(16)17)15-21-8)4-9-12(10(11)14)20-3-2-19-9/h4-5H,2-3H2,1H3,(H,16,17).